The predicted octanol–water partition coefficient (Wildman–Crippen LogP) is 4.88. The van der Waals surface area contributed by atoms with Gasteiger partial charge in [-0.2, -0.15) is 0 Å². The van der Waals surface area contributed by atoms with Gasteiger partial charge in [0.2, 0.25) is 0 Å². The van der Waals surface area contributed by atoms with Crippen LogP contribution < -0.4 is 10.2 Å². The topological polar surface area (TPSA) is 58.1 Å². The van der Waals surface area contributed by atoms with Crippen LogP contribution in [0, 0.1) is 13.8 Å². The summed E-state index contributed by atoms with van der Waals surface area (Å²) >= 11 is 7.64. The maximum atomic E-state index is 12.9. The number of halogens is 1. The monoisotopic (exact) mass is 414 g/mol. The minimum absolute atomic E-state index is 0.0948. The second-order valence-corrected chi connectivity index (χ2v) is 8.56. The first-order valence-corrected chi connectivity index (χ1v) is 10.8. The molecular weight excluding hydrogens is 392 g/mol. The lowest BCUT2D eigenvalue weighted by Crippen LogP contribution is -2.30. The minimum Gasteiger partial charge on any atom is -0.356 e. The Balaban J connectivity index is 1.65. The van der Waals surface area contributed by atoms with Crippen LogP contribution in [0.3, 0.4) is 0 Å². The smallest absolute Gasteiger partial charge is 0.261 e. The van der Waals surface area contributed by atoms with Gasteiger partial charge in [-0.1, -0.05) is 29.8 Å². The number of fused-ring (bicyclic) bond motifs is 1. The van der Waals surface area contributed by atoms with Crippen molar-refractivity contribution in [3.63, 3.8) is 0 Å². The highest BCUT2D eigenvalue weighted by Gasteiger charge is 2.23. The molecule has 5 nitrogen and oxygen atoms in total. The summed E-state index contributed by atoms with van der Waals surface area (Å²) in [5.41, 5.74) is 1.86. The number of carbonyl (C=O) groups is 1. The van der Waals surface area contributed by atoms with E-state index in [-0.39, 0.29) is 5.91 Å². The van der Waals surface area contributed by atoms with Crippen molar-refractivity contribution in [2.45, 2.75) is 39.7 Å². The quantitative estimate of drug-likeness (QED) is 0.660. The molecule has 1 fully saturated rings. The van der Waals surface area contributed by atoms with Crippen LogP contribution in [0.4, 0.5) is 5.82 Å². The van der Waals surface area contributed by atoms with E-state index in [1.54, 1.807) is 0 Å². The lowest BCUT2D eigenvalue weighted by atomic mass is 10.1. The number of thiophene rings is 1. The predicted molar refractivity (Wildman–Crippen MR) is 116 cm³/mol. The van der Waals surface area contributed by atoms with E-state index in [0.717, 1.165) is 46.1 Å². The Morgan fingerprint density at radius 3 is 2.68 bits per heavy atom. The van der Waals surface area contributed by atoms with Crippen molar-refractivity contribution in [3.05, 3.63) is 51.1 Å². The lowest BCUT2D eigenvalue weighted by molar-refractivity contribution is 0.0954. The van der Waals surface area contributed by atoms with Crippen LogP contribution in [0.15, 0.2) is 24.3 Å². The molecule has 28 heavy (non-hydrogen) atoms. The Hall–Kier alpha value is -2.18. The van der Waals surface area contributed by atoms with Gasteiger partial charge in [-0.15, -0.1) is 11.3 Å². The molecule has 4 rings (SSSR count). The molecule has 0 spiro atoms. The van der Waals surface area contributed by atoms with E-state index in [1.165, 1.54) is 30.6 Å². The number of piperidine rings is 1. The molecule has 2 aromatic heterocycles. The highest BCUT2D eigenvalue weighted by molar-refractivity contribution is 7.20. The third-order valence-corrected chi connectivity index (χ3v) is 6.70. The largest absolute Gasteiger partial charge is 0.356 e. The zero-order chi connectivity index (χ0) is 19.7. The fourth-order valence-corrected chi connectivity index (χ4v) is 5.01. The fraction of sp³-hybridized carbons (Fsp3) is 0.381. The van der Waals surface area contributed by atoms with Gasteiger partial charge in [0.05, 0.1) is 10.3 Å². The second kappa shape index (κ2) is 8.05. The van der Waals surface area contributed by atoms with Crippen LogP contribution in [-0.2, 0) is 6.54 Å². The average Bonchev–Trinajstić information content (AvgIpc) is 3.03. The van der Waals surface area contributed by atoms with Gasteiger partial charge >= 0.3 is 0 Å². The Kier molecular flexibility index (Phi) is 5.51. The average molecular weight is 415 g/mol. The van der Waals surface area contributed by atoms with Crippen LogP contribution in [0.2, 0.25) is 5.02 Å². The van der Waals surface area contributed by atoms with Gasteiger partial charge in [-0.25, -0.2) is 9.97 Å². The number of aryl methyl sites for hydroxylation is 2. The minimum atomic E-state index is -0.0948. The Labute approximate surface area is 173 Å². The van der Waals surface area contributed by atoms with Gasteiger partial charge in [0, 0.05) is 24.7 Å². The maximum Gasteiger partial charge on any atom is 0.261 e. The third-order valence-electron chi connectivity index (χ3n) is 5.14. The van der Waals surface area contributed by atoms with E-state index in [2.05, 4.69) is 15.2 Å². The molecule has 3 heterocycles. The summed E-state index contributed by atoms with van der Waals surface area (Å²) < 4.78 is 0. The lowest BCUT2D eigenvalue weighted by Gasteiger charge is -2.28. The summed E-state index contributed by atoms with van der Waals surface area (Å²) in [5.74, 6) is 1.63. The molecule has 1 aliphatic rings. The number of hydrogen-bond acceptors (Lipinski definition) is 5. The Bertz CT molecular complexity index is 1030. The van der Waals surface area contributed by atoms with E-state index in [1.807, 2.05) is 38.1 Å². The number of hydrogen-bond donors (Lipinski definition) is 1. The highest BCUT2D eigenvalue weighted by atomic mass is 35.5. The van der Waals surface area contributed by atoms with Crippen molar-refractivity contribution in [2.24, 2.45) is 0 Å². The fourth-order valence-electron chi connectivity index (χ4n) is 3.67. The van der Waals surface area contributed by atoms with Gasteiger partial charge < -0.3 is 10.2 Å². The molecule has 0 saturated carbocycles. The molecule has 1 saturated heterocycles. The molecule has 1 aliphatic heterocycles. The molecule has 0 radical (unpaired) electrons. The first-order chi connectivity index (χ1) is 13.5. The SMILES string of the molecule is Cc1nc(N2CCCCC2)c2c(C)c(C(=O)NCc3ccccc3Cl)sc2n1. The summed E-state index contributed by atoms with van der Waals surface area (Å²) in [6.45, 7) is 6.33. The van der Waals surface area contributed by atoms with E-state index in [9.17, 15) is 4.79 Å². The van der Waals surface area contributed by atoms with Crippen LogP contribution in [-0.4, -0.2) is 29.0 Å². The molecule has 1 amide bonds. The van der Waals surface area contributed by atoms with E-state index in [0.29, 0.717) is 16.4 Å². The van der Waals surface area contributed by atoms with Gasteiger partial charge in [0.15, 0.2) is 0 Å². The van der Waals surface area contributed by atoms with Gasteiger partial charge in [0.1, 0.15) is 16.5 Å². The van der Waals surface area contributed by atoms with Crippen LogP contribution in [0.5, 0.6) is 0 Å². The number of rotatable bonds is 4. The van der Waals surface area contributed by atoms with E-state index < -0.39 is 0 Å². The number of carbonyl (C=O) groups excluding carboxylic acids is 1. The number of nitrogens with one attached hydrogen (secondary N) is 1. The van der Waals surface area contributed by atoms with Gasteiger partial charge in [0.25, 0.3) is 5.91 Å². The first kappa shape index (κ1) is 19.2. The molecule has 0 bridgehead atoms. The number of anilines is 1. The molecule has 0 aliphatic carbocycles. The van der Waals surface area contributed by atoms with Crippen LogP contribution in [0.1, 0.15) is 45.9 Å². The van der Waals surface area contributed by atoms with Crippen LogP contribution >= 0.6 is 22.9 Å². The van der Waals surface area contributed by atoms with Crippen LogP contribution in [0.25, 0.3) is 10.2 Å². The summed E-state index contributed by atoms with van der Waals surface area (Å²) in [6, 6.07) is 7.55. The normalized spacial score (nSPS) is 14.5. The van der Waals surface area contributed by atoms with E-state index in [4.69, 9.17) is 16.6 Å². The van der Waals surface area contributed by atoms with Crippen molar-refractivity contribution in [3.8, 4) is 0 Å². The number of aromatic nitrogens is 2. The zero-order valence-corrected chi connectivity index (χ0v) is 17.7. The maximum absolute atomic E-state index is 12.9. The van der Waals surface area contributed by atoms with Crippen molar-refractivity contribution in [1.29, 1.82) is 0 Å². The summed E-state index contributed by atoms with van der Waals surface area (Å²) in [7, 11) is 0. The van der Waals surface area contributed by atoms with Gasteiger partial charge in [-0.3, -0.25) is 4.79 Å². The molecule has 1 aromatic carbocycles. The third kappa shape index (κ3) is 3.71. The molecule has 3 aromatic rings. The molecule has 0 atom stereocenters. The van der Waals surface area contributed by atoms with Crippen molar-refractivity contribution in [2.75, 3.05) is 18.0 Å². The Morgan fingerprint density at radius 1 is 1.18 bits per heavy atom. The standard InChI is InChI=1S/C21H23ClN4OS/c1-13-17-19(26-10-6-3-7-11-26)24-14(2)25-21(17)28-18(13)20(27)23-12-15-8-4-5-9-16(15)22/h4-5,8-9H,3,6-7,10-12H2,1-2H3,(H,23,27). The molecule has 146 valence electrons. The van der Waals surface area contributed by atoms with Crippen molar-refractivity contribution in [1.82, 2.24) is 15.3 Å². The van der Waals surface area contributed by atoms with Crippen molar-refractivity contribution < 1.29 is 4.79 Å². The summed E-state index contributed by atoms with van der Waals surface area (Å²) in [5, 5.41) is 4.67. The van der Waals surface area contributed by atoms with E-state index >= 15 is 0 Å². The first-order valence-electron chi connectivity index (χ1n) is 9.59. The summed E-state index contributed by atoms with van der Waals surface area (Å²) in [6.07, 6.45) is 3.62. The van der Waals surface area contributed by atoms with Gasteiger partial charge in [-0.05, 0) is 50.3 Å². The summed E-state index contributed by atoms with van der Waals surface area (Å²) in [4.78, 5) is 26.1. The molecule has 7 heteroatoms. The number of amides is 1. The molecule has 1 N–H and O–H groups in total. The Morgan fingerprint density at radius 2 is 1.93 bits per heavy atom. The zero-order valence-electron chi connectivity index (χ0n) is 16.1. The highest BCUT2D eigenvalue weighted by Crippen LogP contribution is 2.36. The second-order valence-electron chi connectivity index (χ2n) is 7.15. The number of nitrogens with zero attached hydrogens (tertiary/aromatic N) is 3. The molecular formula is C21H23ClN4OS. The molecule has 0 unspecified atom stereocenters. The number of benzene rings is 1. The van der Waals surface area contributed by atoms with Crippen molar-refractivity contribution >= 4 is 44.9 Å².